The smallest absolute Gasteiger partial charge is 0.203 e. The van der Waals surface area contributed by atoms with Crippen molar-refractivity contribution < 1.29 is 0 Å². The van der Waals surface area contributed by atoms with E-state index in [0.717, 1.165) is 36.6 Å². The Hall–Kier alpha value is -0.990. The summed E-state index contributed by atoms with van der Waals surface area (Å²) in [6.45, 7) is 11.0. The molecule has 1 aromatic rings. The molecule has 0 amide bonds. The summed E-state index contributed by atoms with van der Waals surface area (Å²) < 4.78 is 2.34. The predicted octanol–water partition coefficient (Wildman–Crippen LogP) is 4.48. The van der Waals surface area contributed by atoms with Crippen molar-refractivity contribution in [2.24, 2.45) is 17.8 Å². The molecule has 0 aliphatic heterocycles. The highest BCUT2D eigenvalue weighted by Crippen LogP contribution is 2.32. The van der Waals surface area contributed by atoms with Crippen LogP contribution in [0.5, 0.6) is 0 Å². The fourth-order valence-electron chi connectivity index (χ4n) is 3.22. The maximum absolute atomic E-state index is 4.63. The lowest BCUT2D eigenvalue weighted by molar-refractivity contribution is 0.248. The Morgan fingerprint density at radius 1 is 1.25 bits per heavy atom. The van der Waals surface area contributed by atoms with Gasteiger partial charge in [-0.1, -0.05) is 40.0 Å². The molecule has 3 heteroatoms. The van der Waals surface area contributed by atoms with Crippen LogP contribution in [0, 0.1) is 24.7 Å². The van der Waals surface area contributed by atoms with Crippen LogP contribution in [0.15, 0.2) is 6.20 Å². The molecule has 1 aliphatic carbocycles. The van der Waals surface area contributed by atoms with Gasteiger partial charge in [0, 0.05) is 19.3 Å². The second-order valence-corrected chi connectivity index (χ2v) is 6.93. The molecule has 0 radical (unpaired) electrons. The average molecular weight is 277 g/mol. The van der Waals surface area contributed by atoms with Crippen molar-refractivity contribution >= 4 is 5.95 Å². The summed E-state index contributed by atoms with van der Waals surface area (Å²) in [7, 11) is 0. The van der Waals surface area contributed by atoms with Gasteiger partial charge in [-0.05, 0) is 37.5 Å². The molecule has 1 N–H and O–H groups in total. The molecule has 1 heterocycles. The molecule has 3 nitrogen and oxygen atoms in total. The first-order chi connectivity index (χ1) is 9.58. The molecule has 114 valence electrons. The third-order valence-electron chi connectivity index (χ3n) is 4.56. The van der Waals surface area contributed by atoms with Crippen LogP contribution in [0.1, 0.15) is 58.6 Å². The zero-order chi connectivity index (χ0) is 14.5. The van der Waals surface area contributed by atoms with Crippen LogP contribution in [0.2, 0.25) is 0 Å². The van der Waals surface area contributed by atoms with Crippen LogP contribution >= 0.6 is 0 Å². The predicted molar refractivity (Wildman–Crippen MR) is 86.0 cm³/mol. The van der Waals surface area contributed by atoms with Gasteiger partial charge in [-0.25, -0.2) is 4.98 Å². The van der Waals surface area contributed by atoms with Crippen LogP contribution in [-0.4, -0.2) is 16.1 Å². The largest absolute Gasteiger partial charge is 0.355 e. The number of hydrogen-bond donors (Lipinski definition) is 1. The Morgan fingerprint density at radius 2 is 1.90 bits per heavy atom. The standard InChI is InChI=1S/C17H31N3/c1-5-15-6-8-16(9-7-15)12-20-11-14(4)19-17(20)18-10-13(2)3/h11,13,15-16H,5-10,12H2,1-4H3,(H,18,19). The normalized spacial score (nSPS) is 23.2. The molecule has 1 aliphatic rings. The molecular formula is C17H31N3. The third-order valence-corrected chi connectivity index (χ3v) is 4.56. The van der Waals surface area contributed by atoms with E-state index < -0.39 is 0 Å². The summed E-state index contributed by atoms with van der Waals surface area (Å²) in [5.41, 5.74) is 1.12. The van der Waals surface area contributed by atoms with Crippen LogP contribution < -0.4 is 5.32 Å². The molecule has 0 spiro atoms. The molecule has 0 saturated heterocycles. The summed E-state index contributed by atoms with van der Waals surface area (Å²) in [4.78, 5) is 4.63. The van der Waals surface area contributed by atoms with E-state index >= 15 is 0 Å². The van der Waals surface area contributed by atoms with Gasteiger partial charge in [0.1, 0.15) is 0 Å². The van der Waals surface area contributed by atoms with Gasteiger partial charge in [-0.3, -0.25) is 0 Å². The first kappa shape index (κ1) is 15.4. The molecule has 0 atom stereocenters. The Morgan fingerprint density at radius 3 is 2.50 bits per heavy atom. The topological polar surface area (TPSA) is 29.9 Å². The summed E-state index contributed by atoms with van der Waals surface area (Å²) in [5, 5.41) is 3.49. The Bertz CT molecular complexity index is 400. The van der Waals surface area contributed by atoms with Gasteiger partial charge in [0.2, 0.25) is 5.95 Å². The van der Waals surface area contributed by atoms with Crippen molar-refractivity contribution in [3.63, 3.8) is 0 Å². The number of aryl methyl sites for hydroxylation is 1. The van der Waals surface area contributed by atoms with E-state index in [1.165, 1.54) is 32.1 Å². The summed E-state index contributed by atoms with van der Waals surface area (Å²) in [6, 6.07) is 0. The van der Waals surface area contributed by atoms with E-state index in [9.17, 15) is 0 Å². The summed E-state index contributed by atoms with van der Waals surface area (Å²) in [6.07, 6.45) is 9.18. The van der Waals surface area contributed by atoms with Crippen LogP contribution in [0.25, 0.3) is 0 Å². The Labute approximate surface area is 124 Å². The highest BCUT2D eigenvalue weighted by molar-refractivity contribution is 5.28. The lowest BCUT2D eigenvalue weighted by atomic mass is 9.81. The fraction of sp³-hybridized carbons (Fsp3) is 0.824. The highest BCUT2D eigenvalue weighted by Gasteiger charge is 2.21. The fourth-order valence-corrected chi connectivity index (χ4v) is 3.22. The number of imidazole rings is 1. The monoisotopic (exact) mass is 277 g/mol. The maximum atomic E-state index is 4.63. The van der Waals surface area contributed by atoms with Gasteiger partial charge in [-0.2, -0.15) is 0 Å². The van der Waals surface area contributed by atoms with Crippen molar-refractivity contribution in [3.05, 3.63) is 11.9 Å². The van der Waals surface area contributed by atoms with Crippen molar-refractivity contribution in [3.8, 4) is 0 Å². The van der Waals surface area contributed by atoms with Crippen LogP contribution in [-0.2, 0) is 6.54 Å². The van der Waals surface area contributed by atoms with Crippen LogP contribution in [0.3, 0.4) is 0 Å². The van der Waals surface area contributed by atoms with Gasteiger partial charge < -0.3 is 9.88 Å². The van der Waals surface area contributed by atoms with Gasteiger partial charge >= 0.3 is 0 Å². The van der Waals surface area contributed by atoms with E-state index in [1.54, 1.807) is 0 Å². The zero-order valence-corrected chi connectivity index (χ0v) is 13.7. The van der Waals surface area contributed by atoms with E-state index in [0.29, 0.717) is 5.92 Å². The van der Waals surface area contributed by atoms with E-state index in [1.807, 2.05) is 0 Å². The van der Waals surface area contributed by atoms with Crippen molar-refractivity contribution in [2.45, 2.75) is 66.3 Å². The average Bonchev–Trinajstić information content (AvgIpc) is 2.77. The second-order valence-electron chi connectivity index (χ2n) is 6.93. The number of rotatable bonds is 6. The molecule has 1 aromatic heterocycles. The number of nitrogens with zero attached hydrogens (tertiary/aromatic N) is 2. The molecular weight excluding hydrogens is 246 g/mol. The molecule has 0 bridgehead atoms. The second kappa shape index (κ2) is 7.14. The number of hydrogen-bond acceptors (Lipinski definition) is 2. The Kier molecular flexibility index (Phi) is 5.50. The third kappa shape index (κ3) is 4.26. The number of anilines is 1. The molecule has 0 aromatic carbocycles. The summed E-state index contributed by atoms with van der Waals surface area (Å²) >= 11 is 0. The first-order valence-corrected chi connectivity index (χ1v) is 8.36. The number of nitrogens with one attached hydrogen (secondary N) is 1. The maximum Gasteiger partial charge on any atom is 0.203 e. The van der Waals surface area contributed by atoms with Crippen molar-refractivity contribution in [1.29, 1.82) is 0 Å². The quantitative estimate of drug-likeness (QED) is 0.831. The minimum Gasteiger partial charge on any atom is -0.355 e. The van der Waals surface area contributed by atoms with Crippen LogP contribution in [0.4, 0.5) is 5.95 Å². The molecule has 1 fully saturated rings. The van der Waals surface area contributed by atoms with Gasteiger partial charge in [0.05, 0.1) is 5.69 Å². The minimum atomic E-state index is 0.653. The van der Waals surface area contributed by atoms with Gasteiger partial charge in [0.15, 0.2) is 0 Å². The zero-order valence-electron chi connectivity index (χ0n) is 13.7. The van der Waals surface area contributed by atoms with Gasteiger partial charge in [0.25, 0.3) is 0 Å². The van der Waals surface area contributed by atoms with Gasteiger partial charge in [-0.15, -0.1) is 0 Å². The Balaban J connectivity index is 1.92. The molecule has 1 saturated carbocycles. The molecule has 2 rings (SSSR count). The lowest BCUT2D eigenvalue weighted by Gasteiger charge is -2.28. The SMILES string of the molecule is CCC1CCC(Cn2cc(C)nc2NCC(C)C)CC1. The minimum absolute atomic E-state index is 0.653. The molecule has 20 heavy (non-hydrogen) atoms. The van der Waals surface area contributed by atoms with Crippen molar-refractivity contribution in [2.75, 3.05) is 11.9 Å². The molecule has 0 unspecified atom stereocenters. The van der Waals surface area contributed by atoms with E-state index in [-0.39, 0.29) is 0 Å². The van der Waals surface area contributed by atoms with E-state index in [2.05, 4.69) is 48.8 Å². The first-order valence-electron chi connectivity index (χ1n) is 8.36. The van der Waals surface area contributed by atoms with Crippen molar-refractivity contribution in [1.82, 2.24) is 9.55 Å². The highest BCUT2D eigenvalue weighted by atomic mass is 15.2. The summed E-state index contributed by atoms with van der Waals surface area (Å²) in [5.74, 6) is 3.54. The number of aromatic nitrogens is 2. The van der Waals surface area contributed by atoms with E-state index in [4.69, 9.17) is 0 Å². The lowest BCUT2D eigenvalue weighted by Crippen LogP contribution is -2.20.